The maximum atomic E-state index is 12.1. The third-order valence-electron chi connectivity index (χ3n) is 6.46. The lowest BCUT2D eigenvalue weighted by atomic mass is 9.67. The third-order valence-corrected chi connectivity index (χ3v) is 6.46. The Bertz CT molecular complexity index is 636. The van der Waals surface area contributed by atoms with Crippen molar-refractivity contribution >= 4 is 5.91 Å². The van der Waals surface area contributed by atoms with Crippen LogP contribution in [0.3, 0.4) is 0 Å². The molecule has 1 amide bonds. The number of hydrogen-bond donors (Lipinski definition) is 1. The van der Waals surface area contributed by atoms with Crippen molar-refractivity contribution in [2.24, 2.45) is 5.41 Å². The van der Waals surface area contributed by atoms with Gasteiger partial charge in [0.05, 0.1) is 11.6 Å². The molecule has 0 bridgehead atoms. The van der Waals surface area contributed by atoms with E-state index in [0.717, 1.165) is 45.4 Å². The first-order valence-corrected chi connectivity index (χ1v) is 9.32. The summed E-state index contributed by atoms with van der Waals surface area (Å²) in [7, 11) is 0. The Morgan fingerprint density at radius 2 is 2.04 bits per heavy atom. The summed E-state index contributed by atoms with van der Waals surface area (Å²) in [5.41, 5.74) is 2.16. The van der Waals surface area contributed by atoms with Crippen LogP contribution in [0.25, 0.3) is 0 Å². The largest absolute Gasteiger partial charge is 0.391 e. The number of carbonyl (C=O) groups is 1. The van der Waals surface area contributed by atoms with Crippen molar-refractivity contribution in [1.29, 1.82) is 0 Å². The third kappa shape index (κ3) is 3.58. The van der Waals surface area contributed by atoms with Crippen LogP contribution in [0.1, 0.15) is 51.2 Å². The fraction of sp³-hybridized carbons (Fsp3) is 0.700. The van der Waals surface area contributed by atoms with Gasteiger partial charge in [-0.15, -0.1) is 0 Å². The number of aromatic nitrogens is 1. The lowest BCUT2D eigenvalue weighted by Gasteiger charge is -2.55. The van der Waals surface area contributed by atoms with Crippen LogP contribution < -0.4 is 0 Å². The predicted octanol–water partition coefficient (Wildman–Crippen LogP) is 2.36. The van der Waals surface area contributed by atoms with Crippen molar-refractivity contribution < 1.29 is 9.90 Å². The molecule has 1 spiro atoms. The zero-order chi connectivity index (χ0) is 18.2. The number of amides is 1. The van der Waals surface area contributed by atoms with Gasteiger partial charge in [0.2, 0.25) is 5.91 Å². The zero-order valence-electron chi connectivity index (χ0n) is 16.0. The zero-order valence-corrected chi connectivity index (χ0v) is 16.0. The average Bonchev–Trinajstić information content (AvgIpc) is 2.55. The van der Waals surface area contributed by atoms with Crippen molar-refractivity contribution in [1.82, 2.24) is 14.8 Å². The summed E-state index contributed by atoms with van der Waals surface area (Å²) >= 11 is 0. The van der Waals surface area contributed by atoms with Gasteiger partial charge in [-0.05, 0) is 75.7 Å². The van der Waals surface area contributed by atoms with E-state index in [4.69, 9.17) is 0 Å². The molecule has 0 saturated carbocycles. The van der Waals surface area contributed by atoms with Gasteiger partial charge in [0.15, 0.2) is 0 Å². The molecule has 0 radical (unpaired) electrons. The molecule has 138 valence electrons. The summed E-state index contributed by atoms with van der Waals surface area (Å²) < 4.78 is 0. The Morgan fingerprint density at radius 3 is 2.64 bits per heavy atom. The van der Waals surface area contributed by atoms with Gasteiger partial charge in [-0.1, -0.05) is 0 Å². The van der Waals surface area contributed by atoms with E-state index in [-0.39, 0.29) is 11.3 Å². The molecule has 1 N–H and O–H groups in total. The lowest BCUT2D eigenvalue weighted by Crippen LogP contribution is -2.64. The van der Waals surface area contributed by atoms with E-state index in [1.165, 1.54) is 11.1 Å². The molecule has 2 aliphatic heterocycles. The van der Waals surface area contributed by atoms with Crippen LogP contribution in [0.15, 0.2) is 18.5 Å². The highest BCUT2D eigenvalue weighted by Crippen LogP contribution is 2.45. The maximum Gasteiger partial charge on any atom is 0.219 e. The second kappa shape index (κ2) is 6.69. The molecular formula is C20H31N3O2. The van der Waals surface area contributed by atoms with Gasteiger partial charge >= 0.3 is 0 Å². The number of hydrogen-bond acceptors (Lipinski definition) is 4. The Morgan fingerprint density at radius 1 is 1.36 bits per heavy atom. The van der Waals surface area contributed by atoms with Crippen LogP contribution in [0, 0.1) is 12.3 Å². The van der Waals surface area contributed by atoms with Crippen LogP contribution >= 0.6 is 0 Å². The van der Waals surface area contributed by atoms with Crippen molar-refractivity contribution in [2.45, 2.75) is 65.1 Å². The van der Waals surface area contributed by atoms with Gasteiger partial charge in [0, 0.05) is 32.4 Å². The molecule has 0 aliphatic carbocycles. The molecule has 3 heterocycles. The van der Waals surface area contributed by atoms with Gasteiger partial charge in [-0.2, -0.15) is 0 Å². The first kappa shape index (κ1) is 18.3. The molecule has 1 aromatic heterocycles. The van der Waals surface area contributed by atoms with Crippen LogP contribution in [0.5, 0.6) is 0 Å². The number of likely N-dealkylation sites (tertiary alicyclic amines) is 2. The molecule has 2 fully saturated rings. The number of nitrogens with zero attached hydrogens (tertiary/aromatic N) is 3. The molecule has 1 unspecified atom stereocenters. The molecular weight excluding hydrogens is 314 g/mol. The average molecular weight is 345 g/mol. The maximum absolute atomic E-state index is 12.1. The van der Waals surface area contributed by atoms with Gasteiger partial charge in [0.1, 0.15) is 0 Å². The molecule has 5 heteroatoms. The van der Waals surface area contributed by atoms with E-state index in [0.29, 0.717) is 0 Å². The Kier molecular flexibility index (Phi) is 4.91. The number of rotatable bonds is 2. The van der Waals surface area contributed by atoms with E-state index in [1.54, 1.807) is 6.92 Å². The molecule has 0 aromatic carbocycles. The number of aryl methyl sites for hydroxylation is 1. The van der Waals surface area contributed by atoms with Crippen LogP contribution in [0.2, 0.25) is 0 Å². The quantitative estimate of drug-likeness (QED) is 0.894. The minimum absolute atomic E-state index is 0.0599. The normalized spacial score (nSPS) is 26.0. The van der Waals surface area contributed by atoms with Crippen LogP contribution in [0.4, 0.5) is 0 Å². The second-order valence-corrected chi connectivity index (χ2v) is 8.56. The molecule has 1 atom stereocenters. The Labute approximate surface area is 151 Å². The Hall–Kier alpha value is -1.46. The molecule has 1 aromatic rings. The minimum atomic E-state index is -0.470. The molecule has 2 saturated heterocycles. The van der Waals surface area contributed by atoms with E-state index in [1.807, 2.05) is 31.1 Å². The predicted molar refractivity (Wildman–Crippen MR) is 98.0 cm³/mol. The summed E-state index contributed by atoms with van der Waals surface area (Å²) in [5, 5.41) is 10.7. The van der Waals surface area contributed by atoms with Gasteiger partial charge in [0.25, 0.3) is 0 Å². The Balaban J connectivity index is 1.67. The summed E-state index contributed by atoms with van der Waals surface area (Å²) in [5.74, 6) is 0.0676. The van der Waals surface area contributed by atoms with Gasteiger partial charge in [-0.25, -0.2) is 0 Å². The highest BCUT2D eigenvalue weighted by molar-refractivity contribution is 5.74. The second-order valence-electron chi connectivity index (χ2n) is 8.56. The first-order chi connectivity index (χ1) is 11.7. The van der Waals surface area contributed by atoms with E-state index in [9.17, 15) is 9.90 Å². The number of aliphatic hydroxyl groups is 1. The van der Waals surface area contributed by atoms with Crippen molar-refractivity contribution in [3.8, 4) is 0 Å². The fourth-order valence-electron chi connectivity index (χ4n) is 4.43. The summed E-state index contributed by atoms with van der Waals surface area (Å²) in [6, 6.07) is 2.10. The number of carbonyl (C=O) groups excluding carboxylic acids is 1. The smallest absolute Gasteiger partial charge is 0.219 e. The SMILES string of the molecule is CC(=O)N1CC2(CCN(Cc3ccncc3C)CC2)CC(O)C1(C)C. The van der Waals surface area contributed by atoms with E-state index in [2.05, 4.69) is 22.9 Å². The van der Waals surface area contributed by atoms with E-state index < -0.39 is 11.6 Å². The number of pyridine rings is 1. The summed E-state index contributed by atoms with van der Waals surface area (Å²) in [6.07, 6.45) is 6.19. The van der Waals surface area contributed by atoms with Crippen LogP contribution in [-0.2, 0) is 11.3 Å². The monoisotopic (exact) mass is 345 g/mol. The summed E-state index contributed by atoms with van der Waals surface area (Å²) in [4.78, 5) is 20.7. The highest BCUT2D eigenvalue weighted by atomic mass is 16.3. The standard InChI is InChI=1S/C20H31N3O2/c1-15-12-21-8-5-17(15)13-22-9-6-20(7-10-22)11-18(25)19(3,4)23(14-20)16(2)24/h5,8,12,18,25H,6-7,9-11,13-14H2,1-4H3. The van der Waals surface area contributed by atoms with Crippen molar-refractivity contribution in [3.05, 3.63) is 29.6 Å². The highest BCUT2D eigenvalue weighted by Gasteiger charge is 2.50. The van der Waals surface area contributed by atoms with E-state index >= 15 is 0 Å². The van der Waals surface area contributed by atoms with Gasteiger partial charge in [-0.3, -0.25) is 14.7 Å². The molecule has 2 aliphatic rings. The number of aliphatic hydroxyl groups excluding tert-OH is 1. The van der Waals surface area contributed by atoms with Crippen molar-refractivity contribution in [3.63, 3.8) is 0 Å². The van der Waals surface area contributed by atoms with Crippen molar-refractivity contribution in [2.75, 3.05) is 19.6 Å². The molecule has 3 rings (SSSR count). The molecule has 25 heavy (non-hydrogen) atoms. The molecule has 5 nitrogen and oxygen atoms in total. The minimum Gasteiger partial charge on any atom is -0.391 e. The number of piperidine rings is 2. The fourth-order valence-corrected chi connectivity index (χ4v) is 4.43. The first-order valence-electron chi connectivity index (χ1n) is 9.32. The topological polar surface area (TPSA) is 56.7 Å². The lowest BCUT2D eigenvalue weighted by molar-refractivity contribution is -0.157. The van der Waals surface area contributed by atoms with Crippen LogP contribution in [-0.4, -0.2) is 57.1 Å². The summed E-state index contributed by atoms with van der Waals surface area (Å²) in [6.45, 7) is 11.4. The van der Waals surface area contributed by atoms with Gasteiger partial charge < -0.3 is 10.0 Å².